The first kappa shape index (κ1) is 13.2. The molecule has 0 fully saturated rings. The van der Waals surface area contributed by atoms with Crippen LogP contribution in [0.4, 0.5) is 0 Å². The summed E-state index contributed by atoms with van der Waals surface area (Å²) in [6, 6.07) is 8.84. The predicted molar refractivity (Wildman–Crippen MR) is 84.7 cm³/mol. The normalized spacial score (nSPS) is 15.7. The molecule has 1 aromatic heterocycles. The van der Waals surface area contributed by atoms with Crippen LogP contribution >= 0.6 is 27.3 Å². The van der Waals surface area contributed by atoms with Crippen molar-refractivity contribution in [1.82, 2.24) is 0 Å². The molecule has 0 spiro atoms. The Hall–Kier alpha value is -0.800. The van der Waals surface area contributed by atoms with Crippen molar-refractivity contribution in [3.05, 3.63) is 51.2 Å². The number of rotatable bonds is 3. The highest BCUT2D eigenvalue weighted by Gasteiger charge is 2.18. The molecule has 1 unspecified atom stereocenters. The maximum atomic E-state index is 5.68. The van der Waals surface area contributed by atoms with Gasteiger partial charge in [0, 0.05) is 4.88 Å². The smallest absolute Gasteiger partial charge is 0.122 e. The van der Waals surface area contributed by atoms with Crippen LogP contribution < -0.4 is 4.74 Å². The quantitative estimate of drug-likeness (QED) is 0.707. The first-order valence-electron chi connectivity index (χ1n) is 6.75. The average Bonchev–Trinajstić information content (AvgIpc) is 2.94. The molecule has 0 aliphatic carbocycles. The Morgan fingerprint density at radius 2 is 2.26 bits per heavy atom. The minimum absolute atomic E-state index is 0.301. The molecule has 2 heterocycles. The predicted octanol–water partition coefficient (Wildman–Crippen LogP) is 5.12. The molecule has 0 amide bonds. The number of alkyl halides is 1. The highest BCUT2D eigenvalue weighted by molar-refractivity contribution is 9.09. The standard InChI is InChI=1S/C16H17BrOS/c1-2-11-7-9-19-16(11)15(17)13-5-6-14-12(10-13)4-3-8-18-14/h5-7,9-10,15H,2-4,8H2,1H3. The van der Waals surface area contributed by atoms with E-state index in [0.717, 1.165) is 31.6 Å². The highest BCUT2D eigenvalue weighted by Crippen LogP contribution is 2.38. The first-order chi connectivity index (χ1) is 9.29. The van der Waals surface area contributed by atoms with Crippen LogP contribution in [0.5, 0.6) is 5.75 Å². The van der Waals surface area contributed by atoms with Crippen LogP contribution in [0.1, 0.15) is 39.7 Å². The third kappa shape index (κ3) is 2.59. The summed E-state index contributed by atoms with van der Waals surface area (Å²) in [6.45, 7) is 3.07. The molecule has 0 N–H and O–H groups in total. The lowest BCUT2D eigenvalue weighted by Gasteiger charge is -2.19. The Morgan fingerprint density at radius 1 is 1.37 bits per heavy atom. The van der Waals surface area contributed by atoms with Crippen LogP contribution in [0.3, 0.4) is 0 Å². The summed E-state index contributed by atoms with van der Waals surface area (Å²) in [5.74, 6) is 1.07. The van der Waals surface area contributed by atoms with Crippen molar-refractivity contribution < 1.29 is 4.74 Å². The van der Waals surface area contributed by atoms with Crippen LogP contribution in [0.2, 0.25) is 0 Å². The fourth-order valence-electron chi connectivity index (χ4n) is 2.55. The second kappa shape index (κ2) is 5.68. The summed E-state index contributed by atoms with van der Waals surface area (Å²) in [6.07, 6.45) is 3.35. The SMILES string of the molecule is CCc1ccsc1C(Br)c1ccc2c(c1)CCCO2. The number of halogens is 1. The van der Waals surface area contributed by atoms with Gasteiger partial charge in [-0.25, -0.2) is 0 Å². The zero-order valence-electron chi connectivity index (χ0n) is 11.0. The second-order valence-electron chi connectivity index (χ2n) is 4.85. The van der Waals surface area contributed by atoms with Crippen molar-refractivity contribution >= 4 is 27.3 Å². The van der Waals surface area contributed by atoms with E-state index < -0.39 is 0 Å². The highest BCUT2D eigenvalue weighted by atomic mass is 79.9. The molecule has 1 nitrogen and oxygen atoms in total. The summed E-state index contributed by atoms with van der Waals surface area (Å²) < 4.78 is 5.68. The monoisotopic (exact) mass is 336 g/mol. The largest absolute Gasteiger partial charge is 0.493 e. The van der Waals surface area contributed by atoms with Gasteiger partial charge in [0.15, 0.2) is 0 Å². The lowest BCUT2D eigenvalue weighted by Crippen LogP contribution is -2.08. The van der Waals surface area contributed by atoms with E-state index in [-0.39, 0.29) is 0 Å². The van der Waals surface area contributed by atoms with Crippen molar-refractivity contribution in [2.24, 2.45) is 0 Å². The maximum Gasteiger partial charge on any atom is 0.122 e. The Bertz CT molecular complexity index is 576. The summed E-state index contributed by atoms with van der Waals surface area (Å²) in [4.78, 5) is 1.73. The van der Waals surface area contributed by atoms with Gasteiger partial charge in [-0.3, -0.25) is 0 Å². The van der Waals surface area contributed by atoms with Crippen molar-refractivity contribution in [3.8, 4) is 5.75 Å². The molecule has 0 saturated heterocycles. The lowest BCUT2D eigenvalue weighted by molar-refractivity contribution is 0.288. The minimum atomic E-state index is 0.301. The molecule has 100 valence electrons. The Balaban J connectivity index is 1.93. The van der Waals surface area contributed by atoms with Gasteiger partial charge >= 0.3 is 0 Å². The number of hydrogen-bond acceptors (Lipinski definition) is 2. The van der Waals surface area contributed by atoms with Crippen molar-refractivity contribution in [2.45, 2.75) is 31.0 Å². The van der Waals surface area contributed by atoms with E-state index in [1.165, 1.54) is 21.6 Å². The number of aryl methyl sites for hydroxylation is 2. The van der Waals surface area contributed by atoms with Crippen LogP contribution in [0.25, 0.3) is 0 Å². The zero-order valence-corrected chi connectivity index (χ0v) is 13.4. The van der Waals surface area contributed by atoms with Crippen molar-refractivity contribution in [3.63, 3.8) is 0 Å². The molecule has 3 rings (SSSR count). The molecule has 0 radical (unpaired) electrons. The molecule has 2 aromatic rings. The topological polar surface area (TPSA) is 9.23 Å². The summed E-state index contributed by atoms with van der Waals surface area (Å²) in [5, 5.41) is 2.18. The Morgan fingerprint density at radius 3 is 3.11 bits per heavy atom. The van der Waals surface area contributed by atoms with E-state index in [0.29, 0.717) is 4.83 Å². The fourth-order valence-corrected chi connectivity index (χ4v) is 4.45. The Labute approximate surface area is 126 Å². The van der Waals surface area contributed by atoms with Gasteiger partial charge in [-0.05, 0) is 53.5 Å². The molecule has 1 aliphatic rings. The van der Waals surface area contributed by atoms with Gasteiger partial charge in [-0.2, -0.15) is 0 Å². The van der Waals surface area contributed by atoms with Gasteiger partial charge in [-0.15, -0.1) is 11.3 Å². The fraction of sp³-hybridized carbons (Fsp3) is 0.375. The molecule has 1 aromatic carbocycles. The van der Waals surface area contributed by atoms with Gasteiger partial charge < -0.3 is 4.74 Å². The molecule has 1 aliphatic heterocycles. The molecule has 0 bridgehead atoms. The number of ether oxygens (including phenoxy) is 1. The second-order valence-corrected chi connectivity index (χ2v) is 6.71. The van der Waals surface area contributed by atoms with Crippen LogP contribution in [-0.2, 0) is 12.8 Å². The summed E-state index contributed by atoms with van der Waals surface area (Å²) in [5.41, 5.74) is 4.13. The first-order valence-corrected chi connectivity index (χ1v) is 8.55. The van der Waals surface area contributed by atoms with Gasteiger partial charge in [0.2, 0.25) is 0 Å². The van der Waals surface area contributed by atoms with Crippen molar-refractivity contribution in [1.29, 1.82) is 0 Å². The van der Waals surface area contributed by atoms with Crippen LogP contribution in [-0.4, -0.2) is 6.61 Å². The van der Waals surface area contributed by atoms with Crippen LogP contribution in [0.15, 0.2) is 29.6 Å². The third-order valence-electron chi connectivity index (χ3n) is 3.62. The van der Waals surface area contributed by atoms with Crippen molar-refractivity contribution in [2.75, 3.05) is 6.61 Å². The summed E-state index contributed by atoms with van der Waals surface area (Å²) >= 11 is 5.70. The molecule has 0 saturated carbocycles. The lowest BCUT2D eigenvalue weighted by atomic mass is 10.00. The van der Waals surface area contributed by atoms with E-state index in [2.05, 4.69) is 52.5 Å². The van der Waals surface area contributed by atoms with Gasteiger partial charge in [0.05, 0.1) is 11.4 Å². The molecule has 19 heavy (non-hydrogen) atoms. The number of hydrogen-bond donors (Lipinski definition) is 0. The molecule has 1 atom stereocenters. The maximum absolute atomic E-state index is 5.68. The summed E-state index contributed by atoms with van der Waals surface area (Å²) in [7, 11) is 0. The van der Waals surface area contributed by atoms with Gasteiger partial charge in [-0.1, -0.05) is 35.0 Å². The molecular formula is C16H17BrOS. The number of benzene rings is 1. The zero-order chi connectivity index (χ0) is 13.2. The van der Waals surface area contributed by atoms with Crippen LogP contribution in [0, 0.1) is 0 Å². The van der Waals surface area contributed by atoms with E-state index in [4.69, 9.17) is 4.74 Å². The molecular weight excluding hydrogens is 320 g/mol. The van der Waals surface area contributed by atoms with E-state index >= 15 is 0 Å². The Kier molecular flexibility index (Phi) is 3.94. The average molecular weight is 337 g/mol. The van der Waals surface area contributed by atoms with E-state index in [9.17, 15) is 0 Å². The number of thiophene rings is 1. The number of fused-ring (bicyclic) bond motifs is 1. The van der Waals surface area contributed by atoms with E-state index in [1.807, 2.05) is 11.3 Å². The molecule has 3 heteroatoms. The van der Waals surface area contributed by atoms with Gasteiger partial charge in [0.25, 0.3) is 0 Å². The third-order valence-corrected chi connectivity index (χ3v) is 5.93. The minimum Gasteiger partial charge on any atom is -0.493 e. The van der Waals surface area contributed by atoms with E-state index in [1.54, 1.807) is 0 Å². The van der Waals surface area contributed by atoms with Gasteiger partial charge in [0.1, 0.15) is 5.75 Å².